The van der Waals surface area contributed by atoms with E-state index in [4.69, 9.17) is 0 Å². The molecule has 0 aliphatic carbocycles. The molecular weight excluding hydrogens is 314 g/mol. The van der Waals surface area contributed by atoms with Crippen LogP contribution < -0.4 is 10.6 Å². The first kappa shape index (κ1) is 17.4. The second kappa shape index (κ2) is 8.08. The van der Waals surface area contributed by atoms with Crippen molar-refractivity contribution in [3.05, 3.63) is 47.5 Å². The average Bonchev–Trinajstić information content (AvgIpc) is 3.05. The van der Waals surface area contributed by atoms with Gasteiger partial charge in [-0.2, -0.15) is 5.10 Å². The van der Waals surface area contributed by atoms with Gasteiger partial charge in [-0.1, -0.05) is 6.07 Å². The van der Waals surface area contributed by atoms with Gasteiger partial charge in [-0.3, -0.25) is 14.5 Å². The number of piperidine rings is 1. The van der Waals surface area contributed by atoms with E-state index in [1.807, 2.05) is 29.9 Å². The summed E-state index contributed by atoms with van der Waals surface area (Å²) in [6.07, 6.45) is 5.87. The molecule has 124 valence electrons. The fourth-order valence-corrected chi connectivity index (χ4v) is 2.68. The molecule has 2 aromatic heterocycles. The van der Waals surface area contributed by atoms with Gasteiger partial charge in [-0.15, -0.1) is 12.4 Å². The lowest BCUT2D eigenvalue weighted by atomic mass is 10.1. The molecule has 1 fully saturated rings. The zero-order chi connectivity index (χ0) is 15.4. The molecule has 0 spiro atoms. The predicted molar refractivity (Wildman–Crippen MR) is 90.8 cm³/mol. The number of halogens is 1. The van der Waals surface area contributed by atoms with Gasteiger partial charge in [0.1, 0.15) is 5.69 Å². The summed E-state index contributed by atoms with van der Waals surface area (Å²) in [5.74, 6) is -0.160. The fourth-order valence-electron chi connectivity index (χ4n) is 2.68. The highest BCUT2D eigenvalue weighted by molar-refractivity contribution is 5.92. The summed E-state index contributed by atoms with van der Waals surface area (Å²) >= 11 is 0. The number of nitrogens with one attached hydrogen (secondary N) is 2. The lowest BCUT2D eigenvalue weighted by Crippen LogP contribution is -2.32. The van der Waals surface area contributed by atoms with Gasteiger partial charge < -0.3 is 10.6 Å². The van der Waals surface area contributed by atoms with E-state index in [0.29, 0.717) is 18.3 Å². The number of aromatic nitrogens is 3. The van der Waals surface area contributed by atoms with Crippen molar-refractivity contribution in [2.24, 2.45) is 0 Å². The Kier molecular flexibility index (Phi) is 6.12. The number of amides is 1. The first-order valence-corrected chi connectivity index (χ1v) is 7.68. The SMILES string of the molecule is Cc1cccnc1CNC(=O)c1ccn(C2CCCNC2)n1.Cl. The minimum atomic E-state index is -0.160. The normalized spacial score (nSPS) is 17.3. The molecule has 1 aliphatic rings. The van der Waals surface area contributed by atoms with E-state index >= 15 is 0 Å². The van der Waals surface area contributed by atoms with Gasteiger partial charge in [0.25, 0.3) is 5.91 Å². The minimum Gasteiger partial charge on any atom is -0.345 e. The summed E-state index contributed by atoms with van der Waals surface area (Å²) in [7, 11) is 0. The van der Waals surface area contributed by atoms with Crippen LogP contribution in [0.5, 0.6) is 0 Å². The molecule has 1 amide bonds. The summed E-state index contributed by atoms with van der Waals surface area (Å²) in [4.78, 5) is 16.5. The highest BCUT2D eigenvalue weighted by Gasteiger charge is 2.17. The molecule has 3 rings (SSSR count). The number of pyridine rings is 1. The van der Waals surface area contributed by atoms with Crippen LogP contribution in [0.2, 0.25) is 0 Å². The summed E-state index contributed by atoms with van der Waals surface area (Å²) in [6.45, 7) is 4.38. The number of hydrogen-bond donors (Lipinski definition) is 2. The molecule has 1 unspecified atom stereocenters. The van der Waals surface area contributed by atoms with E-state index in [-0.39, 0.29) is 18.3 Å². The van der Waals surface area contributed by atoms with Crippen molar-refractivity contribution in [3.63, 3.8) is 0 Å². The van der Waals surface area contributed by atoms with Crippen LogP contribution in [0.1, 0.15) is 40.6 Å². The minimum absolute atomic E-state index is 0. The number of rotatable bonds is 4. The third kappa shape index (κ3) is 4.30. The topological polar surface area (TPSA) is 71.8 Å². The maximum Gasteiger partial charge on any atom is 0.272 e. The summed E-state index contributed by atoms with van der Waals surface area (Å²) in [6, 6.07) is 5.99. The van der Waals surface area contributed by atoms with Gasteiger partial charge >= 0.3 is 0 Å². The molecule has 7 heteroatoms. The Hall–Kier alpha value is -1.92. The van der Waals surface area contributed by atoms with Crippen molar-refractivity contribution in [1.82, 2.24) is 25.4 Å². The predicted octanol–water partition coefficient (Wildman–Crippen LogP) is 1.86. The molecule has 2 aromatic rings. The Balaban J connectivity index is 0.00000192. The van der Waals surface area contributed by atoms with Gasteiger partial charge in [0.2, 0.25) is 0 Å². The first-order chi connectivity index (χ1) is 10.7. The zero-order valence-electron chi connectivity index (χ0n) is 13.2. The van der Waals surface area contributed by atoms with Gasteiger partial charge in [0.15, 0.2) is 0 Å². The monoisotopic (exact) mass is 335 g/mol. The molecule has 0 bridgehead atoms. The van der Waals surface area contributed by atoms with Gasteiger partial charge in [-0.25, -0.2) is 0 Å². The second-order valence-electron chi connectivity index (χ2n) is 5.63. The Morgan fingerprint density at radius 2 is 2.35 bits per heavy atom. The highest BCUT2D eigenvalue weighted by Crippen LogP contribution is 2.15. The third-order valence-electron chi connectivity index (χ3n) is 4.02. The van der Waals surface area contributed by atoms with Crippen molar-refractivity contribution >= 4 is 18.3 Å². The van der Waals surface area contributed by atoms with E-state index in [1.54, 1.807) is 12.3 Å². The van der Waals surface area contributed by atoms with E-state index in [0.717, 1.165) is 37.2 Å². The van der Waals surface area contributed by atoms with Crippen LogP contribution in [0, 0.1) is 6.92 Å². The maximum atomic E-state index is 12.2. The standard InChI is InChI=1S/C16H21N5O.ClH/c1-12-4-2-8-18-15(12)11-19-16(22)14-6-9-21(20-14)13-5-3-7-17-10-13;/h2,4,6,8-9,13,17H,3,5,7,10-11H2,1H3,(H,19,22);1H. The number of nitrogens with zero attached hydrogens (tertiary/aromatic N) is 3. The van der Waals surface area contributed by atoms with Crippen LogP contribution in [0.25, 0.3) is 0 Å². The second-order valence-corrected chi connectivity index (χ2v) is 5.63. The van der Waals surface area contributed by atoms with Crippen molar-refractivity contribution in [3.8, 4) is 0 Å². The Morgan fingerprint density at radius 3 is 3.09 bits per heavy atom. The summed E-state index contributed by atoms with van der Waals surface area (Å²) in [5, 5.41) is 10.6. The average molecular weight is 336 g/mol. The highest BCUT2D eigenvalue weighted by atomic mass is 35.5. The molecule has 0 saturated carbocycles. The van der Waals surface area contributed by atoms with Crippen LogP contribution in [0.3, 0.4) is 0 Å². The Bertz CT molecular complexity index is 651. The van der Waals surface area contributed by atoms with Crippen LogP contribution in [-0.2, 0) is 6.54 Å². The molecule has 3 heterocycles. The van der Waals surface area contributed by atoms with Crippen molar-refractivity contribution in [1.29, 1.82) is 0 Å². The van der Waals surface area contributed by atoms with Crippen molar-refractivity contribution < 1.29 is 4.79 Å². The summed E-state index contributed by atoms with van der Waals surface area (Å²) in [5.41, 5.74) is 2.41. The Morgan fingerprint density at radius 1 is 1.48 bits per heavy atom. The molecule has 1 atom stereocenters. The lowest BCUT2D eigenvalue weighted by molar-refractivity contribution is 0.0944. The maximum absolute atomic E-state index is 12.2. The number of carbonyl (C=O) groups is 1. The van der Waals surface area contributed by atoms with Gasteiger partial charge in [-0.05, 0) is 44.0 Å². The quantitative estimate of drug-likeness (QED) is 0.894. The van der Waals surface area contributed by atoms with E-state index < -0.39 is 0 Å². The molecule has 0 radical (unpaired) electrons. The van der Waals surface area contributed by atoms with E-state index in [1.165, 1.54) is 0 Å². The molecular formula is C16H22ClN5O. The van der Waals surface area contributed by atoms with Crippen LogP contribution >= 0.6 is 12.4 Å². The molecule has 1 saturated heterocycles. The number of carbonyl (C=O) groups excluding carboxylic acids is 1. The van der Waals surface area contributed by atoms with Gasteiger partial charge in [0, 0.05) is 18.9 Å². The molecule has 6 nitrogen and oxygen atoms in total. The van der Waals surface area contributed by atoms with Crippen LogP contribution in [-0.4, -0.2) is 33.8 Å². The fraction of sp³-hybridized carbons (Fsp3) is 0.438. The van der Waals surface area contributed by atoms with Crippen molar-refractivity contribution in [2.75, 3.05) is 13.1 Å². The molecule has 1 aliphatic heterocycles. The van der Waals surface area contributed by atoms with Crippen LogP contribution in [0.15, 0.2) is 30.6 Å². The summed E-state index contributed by atoms with van der Waals surface area (Å²) < 4.78 is 1.90. The van der Waals surface area contributed by atoms with Crippen LogP contribution in [0.4, 0.5) is 0 Å². The zero-order valence-corrected chi connectivity index (χ0v) is 14.0. The largest absolute Gasteiger partial charge is 0.345 e. The van der Waals surface area contributed by atoms with E-state index in [9.17, 15) is 4.79 Å². The van der Waals surface area contributed by atoms with E-state index in [2.05, 4.69) is 20.7 Å². The third-order valence-corrected chi connectivity index (χ3v) is 4.02. The smallest absolute Gasteiger partial charge is 0.272 e. The molecule has 0 aromatic carbocycles. The lowest BCUT2D eigenvalue weighted by Gasteiger charge is -2.22. The number of aryl methyl sites for hydroxylation is 1. The van der Waals surface area contributed by atoms with Crippen molar-refractivity contribution in [2.45, 2.75) is 32.4 Å². The Labute approximate surface area is 142 Å². The molecule has 2 N–H and O–H groups in total. The van der Waals surface area contributed by atoms with Gasteiger partial charge in [0.05, 0.1) is 18.3 Å². The first-order valence-electron chi connectivity index (χ1n) is 7.68. The molecule has 23 heavy (non-hydrogen) atoms. The number of hydrogen-bond acceptors (Lipinski definition) is 4.